The van der Waals surface area contributed by atoms with Gasteiger partial charge in [-0.2, -0.15) is 0 Å². The number of benzene rings is 2. The summed E-state index contributed by atoms with van der Waals surface area (Å²) in [5.41, 5.74) is 6.59. The van der Waals surface area contributed by atoms with Crippen molar-refractivity contribution in [3.8, 4) is 0 Å². The number of aliphatic carboxylic acids is 1. The average Bonchev–Trinajstić information content (AvgIpc) is 3.22. The Labute approximate surface area is 206 Å². The van der Waals surface area contributed by atoms with E-state index in [0.29, 0.717) is 29.9 Å². The molecule has 0 saturated carbocycles. The highest BCUT2D eigenvalue weighted by Crippen LogP contribution is 2.23. The highest BCUT2D eigenvalue weighted by Gasteiger charge is 2.17. The average molecular weight is 466 g/mol. The molecule has 0 saturated heterocycles. The number of ketones is 1. The Bertz CT molecular complexity index is 1340. The molecule has 2 heterocycles. The van der Waals surface area contributed by atoms with Gasteiger partial charge in [0, 0.05) is 29.4 Å². The van der Waals surface area contributed by atoms with Gasteiger partial charge in [-0.3, -0.25) is 9.59 Å². The lowest BCUT2D eigenvalue weighted by atomic mass is 10.0. The van der Waals surface area contributed by atoms with E-state index in [-0.39, 0.29) is 12.2 Å². The largest absolute Gasteiger partial charge is 0.481 e. The number of fused-ring (bicyclic) bond motifs is 1. The highest BCUT2D eigenvalue weighted by atomic mass is 16.4. The van der Waals surface area contributed by atoms with E-state index in [4.69, 9.17) is 5.11 Å². The number of rotatable bonds is 10. The number of hydrogen-bond donors (Lipinski definition) is 1. The van der Waals surface area contributed by atoms with Crippen LogP contribution in [0.4, 0.5) is 0 Å². The zero-order valence-electron chi connectivity index (χ0n) is 20.3. The number of hydrogen-bond acceptors (Lipinski definition) is 2. The molecule has 0 spiro atoms. The van der Waals surface area contributed by atoms with Crippen LogP contribution in [0.15, 0.2) is 79.0 Å². The van der Waals surface area contributed by atoms with E-state index in [1.165, 1.54) is 5.56 Å². The molecule has 0 radical (unpaired) electrons. The number of carbonyl (C=O) groups is 2. The van der Waals surface area contributed by atoms with Crippen molar-refractivity contribution in [3.63, 3.8) is 0 Å². The maximum absolute atomic E-state index is 13.3. The van der Waals surface area contributed by atoms with Gasteiger partial charge < -0.3 is 9.51 Å². The van der Waals surface area contributed by atoms with Crippen LogP contribution in [0.5, 0.6) is 0 Å². The summed E-state index contributed by atoms with van der Waals surface area (Å²) in [5, 5.41) is 8.95. The van der Waals surface area contributed by atoms with Gasteiger partial charge in [-0.05, 0) is 60.1 Å². The van der Waals surface area contributed by atoms with Crippen LogP contribution in [-0.2, 0) is 17.6 Å². The minimum Gasteiger partial charge on any atom is -0.481 e. The van der Waals surface area contributed by atoms with E-state index < -0.39 is 5.97 Å². The standard InChI is InChI=1S/C31H31NO3/c1-22(2)20-25-13-11-23(12-14-25)9-10-24-15-17-26(18-16-24)31(35)28-21-27(6-5-8-30(33)34)32-19-4-3-7-29(28)32/h3-4,7,9-19,21-22H,5-6,8,20H2,1-2H3,(H,33,34)/b10-9-. The fourth-order valence-corrected chi connectivity index (χ4v) is 4.35. The Morgan fingerprint density at radius 2 is 1.57 bits per heavy atom. The molecule has 4 heteroatoms. The Kier molecular flexibility index (Phi) is 7.61. The van der Waals surface area contributed by atoms with Gasteiger partial charge >= 0.3 is 5.97 Å². The quantitative estimate of drug-likeness (QED) is 0.204. The molecule has 4 aromatic rings. The predicted molar refractivity (Wildman–Crippen MR) is 142 cm³/mol. The Hall–Kier alpha value is -3.92. The van der Waals surface area contributed by atoms with Crippen molar-refractivity contribution in [1.82, 2.24) is 4.40 Å². The van der Waals surface area contributed by atoms with Crippen molar-refractivity contribution in [2.24, 2.45) is 5.92 Å². The molecule has 0 amide bonds. The van der Waals surface area contributed by atoms with E-state index in [1.807, 2.05) is 59.1 Å². The first-order valence-corrected chi connectivity index (χ1v) is 12.1. The smallest absolute Gasteiger partial charge is 0.303 e. The SMILES string of the molecule is CC(C)Cc1ccc(/C=C\c2ccc(C(=O)c3cc(CCCC(=O)O)n4ccccc34)cc2)cc1. The second-order valence-electron chi connectivity index (χ2n) is 9.38. The molecular weight excluding hydrogens is 434 g/mol. The molecule has 0 atom stereocenters. The van der Waals surface area contributed by atoms with Crippen molar-refractivity contribution in [1.29, 1.82) is 0 Å². The minimum atomic E-state index is -0.806. The van der Waals surface area contributed by atoms with E-state index in [1.54, 1.807) is 0 Å². The maximum Gasteiger partial charge on any atom is 0.303 e. The van der Waals surface area contributed by atoms with Crippen LogP contribution >= 0.6 is 0 Å². The zero-order chi connectivity index (χ0) is 24.8. The van der Waals surface area contributed by atoms with Crippen LogP contribution in [0.1, 0.15) is 65.0 Å². The number of carboxylic acids is 1. The van der Waals surface area contributed by atoms with Gasteiger partial charge in [0.05, 0.1) is 5.52 Å². The fraction of sp³-hybridized carbons (Fsp3) is 0.226. The summed E-state index contributed by atoms with van der Waals surface area (Å²) < 4.78 is 1.98. The van der Waals surface area contributed by atoms with Crippen molar-refractivity contribution >= 4 is 29.4 Å². The molecule has 1 N–H and O–H groups in total. The van der Waals surface area contributed by atoms with Gasteiger partial charge in [0.2, 0.25) is 0 Å². The number of carboxylic acid groups (broad SMARTS) is 1. The lowest BCUT2D eigenvalue weighted by Gasteiger charge is -2.05. The third-order valence-corrected chi connectivity index (χ3v) is 6.09. The molecule has 0 aliphatic rings. The Balaban J connectivity index is 1.49. The van der Waals surface area contributed by atoms with Crippen LogP contribution in [0.2, 0.25) is 0 Å². The first-order valence-electron chi connectivity index (χ1n) is 12.1. The van der Waals surface area contributed by atoms with Gasteiger partial charge in [0.25, 0.3) is 0 Å². The summed E-state index contributed by atoms with van der Waals surface area (Å²) in [7, 11) is 0. The van der Waals surface area contributed by atoms with Crippen LogP contribution in [0.25, 0.3) is 17.7 Å². The number of pyridine rings is 1. The molecule has 178 valence electrons. The van der Waals surface area contributed by atoms with Gasteiger partial charge in [-0.1, -0.05) is 80.6 Å². The van der Waals surface area contributed by atoms with Crippen molar-refractivity contribution in [3.05, 3.63) is 113 Å². The van der Waals surface area contributed by atoms with E-state index in [9.17, 15) is 9.59 Å². The summed E-state index contributed by atoms with van der Waals surface area (Å²) in [6, 6.07) is 23.9. The van der Waals surface area contributed by atoms with E-state index >= 15 is 0 Å². The second kappa shape index (κ2) is 11.0. The zero-order valence-corrected chi connectivity index (χ0v) is 20.3. The van der Waals surface area contributed by atoms with Crippen molar-refractivity contribution in [2.75, 3.05) is 0 Å². The Morgan fingerprint density at radius 3 is 2.20 bits per heavy atom. The van der Waals surface area contributed by atoms with E-state index in [0.717, 1.165) is 28.8 Å². The normalized spacial score (nSPS) is 11.5. The lowest BCUT2D eigenvalue weighted by Crippen LogP contribution is -2.00. The number of aryl methyl sites for hydroxylation is 1. The lowest BCUT2D eigenvalue weighted by molar-refractivity contribution is -0.137. The Morgan fingerprint density at radius 1 is 0.914 bits per heavy atom. The minimum absolute atomic E-state index is 0.0329. The van der Waals surface area contributed by atoms with Crippen LogP contribution < -0.4 is 0 Å². The summed E-state index contributed by atoms with van der Waals surface area (Å²) >= 11 is 0. The molecule has 4 rings (SSSR count). The van der Waals surface area contributed by atoms with Crippen LogP contribution in [0, 0.1) is 5.92 Å². The molecule has 0 aliphatic heterocycles. The topological polar surface area (TPSA) is 58.8 Å². The molecule has 2 aromatic heterocycles. The molecule has 0 aliphatic carbocycles. The number of carbonyl (C=O) groups excluding carboxylic acids is 1. The van der Waals surface area contributed by atoms with Gasteiger partial charge in [-0.15, -0.1) is 0 Å². The van der Waals surface area contributed by atoms with Crippen LogP contribution in [0.3, 0.4) is 0 Å². The third kappa shape index (κ3) is 6.15. The molecule has 4 nitrogen and oxygen atoms in total. The molecule has 0 fully saturated rings. The summed E-state index contributed by atoms with van der Waals surface area (Å²) in [5.74, 6) is -0.194. The van der Waals surface area contributed by atoms with Gasteiger partial charge in [0.1, 0.15) is 0 Å². The number of aromatic nitrogens is 1. The summed E-state index contributed by atoms with van der Waals surface area (Å²) in [6.45, 7) is 4.45. The predicted octanol–water partition coefficient (Wildman–Crippen LogP) is 6.95. The second-order valence-corrected chi connectivity index (χ2v) is 9.38. The third-order valence-electron chi connectivity index (χ3n) is 6.09. The highest BCUT2D eigenvalue weighted by molar-refractivity contribution is 6.13. The van der Waals surface area contributed by atoms with Crippen molar-refractivity contribution in [2.45, 2.75) is 39.5 Å². The molecule has 0 unspecified atom stereocenters. The molecular formula is C31H31NO3. The maximum atomic E-state index is 13.3. The molecule has 35 heavy (non-hydrogen) atoms. The number of nitrogens with zero attached hydrogens (tertiary/aromatic N) is 1. The van der Waals surface area contributed by atoms with Gasteiger partial charge in [0.15, 0.2) is 5.78 Å². The van der Waals surface area contributed by atoms with Crippen LogP contribution in [-0.4, -0.2) is 21.3 Å². The first kappa shape index (κ1) is 24.2. The summed E-state index contributed by atoms with van der Waals surface area (Å²) in [4.78, 5) is 24.2. The fourth-order valence-electron chi connectivity index (χ4n) is 4.35. The van der Waals surface area contributed by atoms with E-state index in [2.05, 4.69) is 50.3 Å². The monoisotopic (exact) mass is 465 g/mol. The first-order chi connectivity index (χ1) is 16.9. The van der Waals surface area contributed by atoms with Crippen molar-refractivity contribution < 1.29 is 14.7 Å². The molecule has 0 bridgehead atoms. The molecule has 2 aromatic carbocycles. The van der Waals surface area contributed by atoms with Gasteiger partial charge in [-0.25, -0.2) is 0 Å². The summed E-state index contributed by atoms with van der Waals surface area (Å²) in [6.07, 6.45) is 8.39.